The molecule has 0 aromatic heterocycles. The Labute approximate surface area is 142 Å². The van der Waals surface area contributed by atoms with Crippen molar-refractivity contribution in [3.8, 4) is 5.75 Å². The number of ether oxygens (including phenoxy) is 1. The summed E-state index contributed by atoms with van der Waals surface area (Å²) < 4.78 is 56.8. The lowest BCUT2D eigenvalue weighted by Crippen LogP contribution is -2.18. The van der Waals surface area contributed by atoms with Crippen LogP contribution in [0.4, 0.5) is 17.6 Å². The zero-order valence-corrected chi connectivity index (χ0v) is 13.0. The van der Waals surface area contributed by atoms with Gasteiger partial charge in [0.15, 0.2) is 12.0 Å². The van der Waals surface area contributed by atoms with E-state index >= 15 is 0 Å². The maximum atomic E-state index is 13.2. The first-order valence-electron chi connectivity index (χ1n) is 6.16. The molecule has 0 heterocycles. The van der Waals surface area contributed by atoms with Crippen molar-refractivity contribution in [1.29, 1.82) is 0 Å². The van der Waals surface area contributed by atoms with E-state index in [1.807, 2.05) is 0 Å². The van der Waals surface area contributed by atoms with Crippen molar-refractivity contribution >= 4 is 35.5 Å². The van der Waals surface area contributed by atoms with Crippen LogP contribution in [0, 0.1) is 5.82 Å². The zero-order chi connectivity index (χ0) is 18.1. The van der Waals surface area contributed by atoms with E-state index in [0.29, 0.717) is 18.2 Å². The van der Waals surface area contributed by atoms with Crippen molar-refractivity contribution in [2.45, 2.75) is 6.18 Å². The summed E-state index contributed by atoms with van der Waals surface area (Å²) in [5.41, 5.74) is -2.68. The Balaban J connectivity index is 2.49. The summed E-state index contributed by atoms with van der Waals surface area (Å²) in [5.74, 6) is -3.06. The Bertz CT molecular complexity index is 819. The highest BCUT2D eigenvalue weighted by Crippen LogP contribution is 2.35. The third-order valence-corrected chi connectivity index (χ3v) is 3.36. The summed E-state index contributed by atoms with van der Waals surface area (Å²) in [6.07, 6.45) is -4.64. The molecule has 0 radical (unpaired) electrons. The third-order valence-electron chi connectivity index (χ3n) is 2.87. The first kappa shape index (κ1) is 18.2. The molecule has 3 nitrogen and oxygen atoms in total. The van der Waals surface area contributed by atoms with Gasteiger partial charge in [0.1, 0.15) is 5.82 Å². The van der Waals surface area contributed by atoms with E-state index in [0.717, 1.165) is 12.1 Å². The Morgan fingerprint density at radius 1 is 1.12 bits per heavy atom. The highest BCUT2D eigenvalue weighted by molar-refractivity contribution is 6.36. The Hall–Kier alpha value is -2.12. The Morgan fingerprint density at radius 3 is 2.38 bits per heavy atom. The lowest BCUT2D eigenvalue weighted by molar-refractivity contribution is -0.138. The van der Waals surface area contributed by atoms with Gasteiger partial charge in [-0.05, 0) is 30.3 Å². The van der Waals surface area contributed by atoms with Gasteiger partial charge in [0.25, 0.3) is 0 Å². The highest BCUT2D eigenvalue weighted by atomic mass is 35.5. The van der Waals surface area contributed by atoms with Gasteiger partial charge in [-0.25, -0.2) is 9.18 Å². The van der Waals surface area contributed by atoms with E-state index in [2.05, 4.69) is 0 Å². The number of esters is 1. The predicted octanol–water partition coefficient (Wildman–Crippen LogP) is 5.18. The molecule has 0 aliphatic carbocycles. The van der Waals surface area contributed by atoms with Crippen LogP contribution < -0.4 is 4.74 Å². The van der Waals surface area contributed by atoms with Crippen LogP contribution in [0.25, 0.3) is 0 Å². The maximum absolute atomic E-state index is 13.2. The normalized spacial score (nSPS) is 11.2. The van der Waals surface area contributed by atoms with Crippen LogP contribution in [0.1, 0.15) is 26.3 Å². The molecule has 0 bridgehead atoms. The van der Waals surface area contributed by atoms with Crippen molar-refractivity contribution < 1.29 is 31.9 Å². The first-order valence-corrected chi connectivity index (χ1v) is 6.92. The van der Waals surface area contributed by atoms with E-state index in [-0.39, 0.29) is 21.9 Å². The van der Waals surface area contributed by atoms with E-state index < -0.39 is 34.8 Å². The van der Waals surface area contributed by atoms with E-state index in [1.54, 1.807) is 0 Å². The molecule has 24 heavy (non-hydrogen) atoms. The number of carbonyl (C=O) groups excluding carboxylic acids is 2. The molecule has 0 atom stereocenters. The fourth-order valence-corrected chi connectivity index (χ4v) is 2.40. The van der Waals surface area contributed by atoms with Crippen molar-refractivity contribution in [3.63, 3.8) is 0 Å². The SMILES string of the molecule is O=Cc1cc(Cl)cc(Cl)c1OC(=O)c1cc(F)ccc1C(F)(F)F. The van der Waals surface area contributed by atoms with Gasteiger partial charge in [-0.15, -0.1) is 0 Å². The second kappa shape index (κ2) is 6.78. The average Bonchev–Trinajstić information content (AvgIpc) is 2.48. The summed E-state index contributed by atoms with van der Waals surface area (Å²) in [7, 11) is 0. The average molecular weight is 381 g/mol. The minimum atomic E-state index is -4.90. The van der Waals surface area contributed by atoms with Gasteiger partial charge in [-0.1, -0.05) is 23.2 Å². The van der Waals surface area contributed by atoms with Gasteiger partial charge in [0, 0.05) is 5.02 Å². The molecular weight excluding hydrogens is 375 g/mol. The van der Waals surface area contributed by atoms with Gasteiger partial charge in [0.2, 0.25) is 0 Å². The number of aldehydes is 1. The molecule has 0 N–H and O–H groups in total. The summed E-state index contributed by atoms with van der Waals surface area (Å²) >= 11 is 11.5. The summed E-state index contributed by atoms with van der Waals surface area (Å²) in [5, 5.41) is -0.202. The molecule has 0 fully saturated rings. The van der Waals surface area contributed by atoms with Crippen molar-refractivity contribution in [1.82, 2.24) is 0 Å². The van der Waals surface area contributed by atoms with Crippen LogP contribution in [0.2, 0.25) is 10.0 Å². The number of alkyl halides is 3. The number of benzene rings is 2. The number of rotatable bonds is 3. The standard InChI is InChI=1S/C15H6Cl2F4O3/c16-8-3-7(6-22)13(12(17)4-8)24-14(23)10-5-9(18)1-2-11(10)15(19,20)21/h1-6H. The highest BCUT2D eigenvalue weighted by Gasteiger charge is 2.36. The lowest BCUT2D eigenvalue weighted by Gasteiger charge is -2.13. The number of halogens is 6. The van der Waals surface area contributed by atoms with Crippen LogP contribution in [-0.4, -0.2) is 12.3 Å². The molecule has 9 heteroatoms. The molecule has 0 spiro atoms. The van der Waals surface area contributed by atoms with Gasteiger partial charge >= 0.3 is 12.1 Å². The molecule has 2 aromatic carbocycles. The van der Waals surface area contributed by atoms with Crippen LogP contribution in [0.5, 0.6) is 5.75 Å². The number of hydrogen-bond acceptors (Lipinski definition) is 3. The fraction of sp³-hybridized carbons (Fsp3) is 0.0667. The van der Waals surface area contributed by atoms with Crippen LogP contribution in [0.3, 0.4) is 0 Å². The van der Waals surface area contributed by atoms with Crippen LogP contribution >= 0.6 is 23.2 Å². The van der Waals surface area contributed by atoms with E-state index in [9.17, 15) is 27.2 Å². The van der Waals surface area contributed by atoms with Crippen molar-refractivity contribution in [3.05, 3.63) is 62.9 Å². The number of carbonyl (C=O) groups is 2. The fourth-order valence-electron chi connectivity index (χ4n) is 1.86. The largest absolute Gasteiger partial charge is 0.421 e. The maximum Gasteiger partial charge on any atom is 0.417 e. The summed E-state index contributed by atoms with van der Waals surface area (Å²) in [6.45, 7) is 0. The zero-order valence-electron chi connectivity index (χ0n) is 11.5. The topological polar surface area (TPSA) is 43.4 Å². The van der Waals surface area contributed by atoms with Crippen molar-refractivity contribution in [2.24, 2.45) is 0 Å². The lowest BCUT2D eigenvalue weighted by atomic mass is 10.1. The monoisotopic (exact) mass is 380 g/mol. The molecule has 0 amide bonds. The minimum absolute atomic E-state index is 0.0589. The van der Waals surface area contributed by atoms with E-state index in [1.165, 1.54) is 0 Å². The quantitative estimate of drug-likeness (QED) is 0.318. The number of hydrogen-bond donors (Lipinski definition) is 0. The Kier molecular flexibility index (Phi) is 5.15. The predicted molar refractivity (Wildman–Crippen MR) is 78.2 cm³/mol. The second-order valence-electron chi connectivity index (χ2n) is 4.50. The van der Waals surface area contributed by atoms with Gasteiger partial charge in [0.05, 0.1) is 21.7 Å². The van der Waals surface area contributed by atoms with Gasteiger partial charge < -0.3 is 4.74 Å². The molecule has 2 rings (SSSR count). The molecule has 0 unspecified atom stereocenters. The summed E-state index contributed by atoms with van der Waals surface area (Å²) in [4.78, 5) is 23.0. The van der Waals surface area contributed by atoms with Crippen LogP contribution in [-0.2, 0) is 6.18 Å². The van der Waals surface area contributed by atoms with Gasteiger partial charge in [-0.3, -0.25) is 4.79 Å². The molecule has 2 aromatic rings. The minimum Gasteiger partial charge on any atom is -0.421 e. The van der Waals surface area contributed by atoms with Crippen molar-refractivity contribution in [2.75, 3.05) is 0 Å². The molecular formula is C15H6Cl2F4O3. The first-order chi connectivity index (χ1) is 11.1. The summed E-state index contributed by atoms with van der Waals surface area (Å²) in [6, 6.07) is 3.60. The van der Waals surface area contributed by atoms with Crippen LogP contribution in [0.15, 0.2) is 30.3 Å². The van der Waals surface area contributed by atoms with E-state index in [4.69, 9.17) is 27.9 Å². The third kappa shape index (κ3) is 3.85. The Morgan fingerprint density at radius 2 is 1.79 bits per heavy atom. The molecule has 0 aliphatic rings. The smallest absolute Gasteiger partial charge is 0.417 e. The molecule has 0 aliphatic heterocycles. The molecule has 0 saturated heterocycles. The molecule has 0 saturated carbocycles. The van der Waals surface area contributed by atoms with Gasteiger partial charge in [-0.2, -0.15) is 13.2 Å². The second-order valence-corrected chi connectivity index (χ2v) is 5.34. The molecule has 126 valence electrons.